The van der Waals surface area contributed by atoms with Crippen LogP contribution in [0.4, 0.5) is 0 Å². The highest BCUT2D eigenvalue weighted by atomic mass is 16.7. The average Bonchev–Trinajstić information content (AvgIpc) is 1.68. The second kappa shape index (κ2) is 3.20. The number of rotatable bonds is 3. The molecule has 1 atom stereocenters. The van der Waals surface area contributed by atoms with Gasteiger partial charge in [-0.2, -0.15) is 0 Å². The second-order valence-electron chi connectivity index (χ2n) is 0.885. The van der Waals surface area contributed by atoms with Crippen molar-refractivity contribution in [3.63, 3.8) is 0 Å². The molecule has 0 N–H and O–H groups in total. The van der Waals surface area contributed by atoms with Crippen molar-refractivity contribution in [3.05, 3.63) is 9.81 Å². The van der Waals surface area contributed by atoms with Gasteiger partial charge in [0.1, 0.15) is 0 Å². The van der Waals surface area contributed by atoms with Crippen LogP contribution in [0.5, 0.6) is 0 Å². The Balaban J connectivity index is 3.15. The molecule has 0 aliphatic heterocycles. The molecule has 0 heterocycles. The van der Waals surface area contributed by atoms with Crippen LogP contribution in [-0.4, -0.2) is 6.23 Å². The monoisotopic (exact) mass is 104 g/mol. The summed E-state index contributed by atoms with van der Waals surface area (Å²) in [5.74, 6) is 0. The molecule has 0 unspecified atom stereocenters. The van der Waals surface area contributed by atoms with E-state index in [9.17, 15) is 4.91 Å². The number of nitrogens with zero attached hydrogens (tertiary/aromatic N) is 2. The molecule has 0 amide bonds. The first-order chi connectivity index (χ1) is 3.31. The van der Waals surface area contributed by atoms with Crippen LogP contribution in [0.3, 0.4) is 0 Å². The number of nitroso groups, excluding NO2 is 1. The van der Waals surface area contributed by atoms with E-state index in [0.717, 1.165) is 0 Å². The van der Waals surface area contributed by atoms with E-state index in [0.29, 0.717) is 0 Å². The smallest absolute Gasteiger partial charge is 0.257 e. The van der Waals surface area contributed by atoms with Gasteiger partial charge in [0.05, 0.1) is 0 Å². The molecule has 0 radical (unpaired) electrons. The molecule has 0 aromatic heterocycles. The summed E-state index contributed by atoms with van der Waals surface area (Å²) in [6.45, 7) is 1.31. The Morgan fingerprint density at radius 1 is 1.57 bits per heavy atom. The Hall–Kier alpha value is -1.00. The third kappa shape index (κ3) is 2.81. The zero-order valence-electron chi connectivity index (χ0n) is 3.70. The van der Waals surface area contributed by atoms with Crippen molar-refractivity contribution < 1.29 is 4.84 Å². The lowest BCUT2D eigenvalue weighted by atomic mass is 10.7. The Labute approximate surface area is 39.6 Å². The molecule has 0 spiro atoms. The Bertz CT molecular complexity index is 73.3. The third-order valence-corrected chi connectivity index (χ3v) is 0.344. The molecule has 0 rings (SSSR count). The van der Waals surface area contributed by atoms with Gasteiger partial charge in [0.15, 0.2) is 5.34 Å². The van der Waals surface area contributed by atoms with Crippen molar-refractivity contribution in [1.82, 2.24) is 0 Å². The summed E-state index contributed by atoms with van der Waals surface area (Å²) in [4.78, 5) is 22.2. The topological polar surface area (TPSA) is 68.1 Å². The molecular formula is C2H4N2O3. The molecule has 0 aromatic rings. The van der Waals surface area contributed by atoms with E-state index in [-0.39, 0.29) is 0 Å². The van der Waals surface area contributed by atoms with E-state index in [1.165, 1.54) is 6.92 Å². The lowest BCUT2D eigenvalue weighted by Crippen LogP contribution is -1.95. The average molecular weight is 104 g/mol. The van der Waals surface area contributed by atoms with Crippen LogP contribution in [-0.2, 0) is 4.84 Å². The molecule has 5 nitrogen and oxygen atoms in total. The fourth-order valence-corrected chi connectivity index (χ4v) is 0.0815. The van der Waals surface area contributed by atoms with Crippen molar-refractivity contribution in [2.24, 2.45) is 10.5 Å². The van der Waals surface area contributed by atoms with E-state index in [2.05, 4.69) is 10.0 Å². The van der Waals surface area contributed by atoms with Crippen LogP contribution in [0.15, 0.2) is 10.5 Å². The summed E-state index contributed by atoms with van der Waals surface area (Å²) in [7, 11) is 0. The molecule has 0 aromatic carbocycles. The Morgan fingerprint density at radius 2 is 2.14 bits per heavy atom. The summed E-state index contributed by atoms with van der Waals surface area (Å²) in [6, 6.07) is 0. The van der Waals surface area contributed by atoms with E-state index in [1.54, 1.807) is 0 Å². The summed E-state index contributed by atoms with van der Waals surface area (Å²) in [5, 5.41) is 4.27. The maximum Gasteiger partial charge on any atom is 0.257 e. The largest absolute Gasteiger partial charge is 0.333 e. The van der Waals surface area contributed by atoms with E-state index in [4.69, 9.17) is 4.91 Å². The van der Waals surface area contributed by atoms with Gasteiger partial charge in [0.2, 0.25) is 0 Å². The van der Waals surface area contributed by atoms with Gasteiger partial charge in [-0.05, 0) is 12.1 Å². The zero-order valence-corrected chi connectivity index (χ0v) is 3.70. The molecule has 5 heteroatoms. The predicted molar refractivity (Wildman–Crippen MR) is 22.1 cm³/mol. The van der Waals surface area contributed by atoms with Crippen LogP contribution in [0.25, 0.3) is 0 Å². The molecule has 0 fully saturated rings. The first-order valence-corrected chi connectivity index (χ1v) is 1.62. The molecule has 0 saturated carbocycles. The van der Waals surface area contributed by atoms with Gasteiger partial charge in [0.25, 0.3) is 6.23 Å². The standard InChI is InChI=1S/C2H4N2O3/c1-2(3-5)7-4-6/h2H,1H3/t2-/m0/s1. The minimum absolute atomic E-state index is 0.961. The normalized spacial score (nSPS) is 12.1. The lowest BCUT2D eigenvalue weighted by Gasteiger charge is -1.90. The Morgan fingerprint density at radius 3 is 2.29 bits per heavy atom. The fourth-order valence-electron chi connectivity index (χ4n) is 0.0815. The van der Waals surface area contributed by atoms with Crippen LogP contribution < -0.4 is 0 Å². The van der Waals surface area contributed by atoms with Crippen molar-refractivity contribution in [2.45, 2.75) is 13.2 Å². The first kappa shape index (κ1) is 6.00. The molecule has 7 heavy (non-hydrogen) atoms. The Kier molecular flexibility index (Phi) is 2.74. The highest BCUT2D eigenvalue weighted by Gasteiger charge is 1.96. The SMILES string of the molecule is C[C@@H](N=O)ON=O. The van der Waals surface area contributed by atoms with Crippen molar-refractivity contribution in [3.8, 4) is 0 Å². The highest BCUT2D eigenvalue weighted by Crippen LogP contribution is 1.88. The van der Waals surface area contributed by atoms with E-state index >= 15 is 0 Å². The first-order valence-electron chi connectivity index (χ1n) is 1.62. The zero-order chi connectivity index (χ0) is 5.70. The molecule has 0 bridgehead atoms. The quantitative estimate of drug-likeness (QED) is 0.392. The van der Waals surface area contributed by atoms with Gasteiger partial charge < -0.3 is 4.84 Å². The van der Waals surface area contributed by atoms with Gasteiger partial charge >= 0.3 is 0 Å². The second-order valence-corrected chi connectivity index (χ2v) is 0.885. The van der Waals surface area contributed by atoms with Crippen LogP contribution in [0.2, 0.25) is 0 Å². The van der Waals surface area contributed by atoms with E-state index < -0.39 is 6.23 Å². The minimum Gasteiger partial charge on any atom is -0.333 e. The van der Waals surface area contributed by atoms with Crippen molar-refractivity contribution >= 4 is 0 Å². The highest BCUT2D eigenvalue weighted by molar-refractivity contribution is 4.36. The number of hydrogen-bond acceptors (Lipinski definition) is 5. The summed E-state index contributed by atoms with van der Waals surface area (Å²) < 4.78 is 0. The van der Waals surface area contributed by atoms with Crippen molar-refractivity contribution in [2.75, 3.05) is 0 Å². The number of hydrogen-bond donors (Lipinski definition) is 0. The summed E-state index contributed by atoms with van der Waals surface area (Å²) in [6.07, 6.45) is -0.961. The van der Waals surface area contributed by atoms with Gasteiger partial charge in [-0.1, -0.05) is 0 Å². The van der Waals surface area contributed by atoms with Crippen molar-refractivity contribution in [1.29, 1.82) is 0 Å². The minimum atomic E-state index is -0.961. The molecule has 0 saturated heterocycles. The maximum absolute atomic E-state index is 9.32. The fraction of sp³-hybridized carbons (Fsp3) is 1.00. The molecule has 40 valence electrons. The third-order valence-electron chi connectivity index (χ3n) is 0.344. The summed E-state index contributed by atoms with van der Waals surface area (Å²) >= 11 is 0. The maximum atomic E-state index is 9.32. The van der Waals surface area contributed by atoms with Crippen LogP contribution in [0.1, 0.15) is 6.92 Å². The lowest BCUT2D eigenvalue weighted by molar-refractivity contribution is 0.0739. The summed E-state index contributed by atoms with van der Waals surface area (Å²) in [5.41, 5.74) is 0. The van der Waals surface area contributed by atoms with Crippen LogP contribution in [0, 0.1) is 9.81 Å². The predicted octanol–water partition coefficient (Wildman–Crippen LogP) is 0.797. The van der Waals surface area contributed by atoms with Gasteiger partial charge in [-0.15, -0.1) is 9.81 Å². The molecule has 0 aliphatic carbocycles. The molecule has 0 aliphatic rings. The van der Waals surface area contributed by atoms with Gasteiger partial charge in [-0.3, -0.25) is 0 Å². The van der Waals surface area contributed by atoms with Gasteiger partial charge in [-0.25, -0.2) is 0 Å². The van der Waals surface area contributed by atoms with E-state index in [1.807, 2.05) is 5.34 Å². The van der Waals surface area contributed by atoms with Gasteiger partial charge in [0, 0.05) is 0 Å². The van der Waals surface area contributed by atoms with Crippen LogP contribution >= 0.6 is 0 Å². The molecular weight excluding hydrogens is 100 g/mol.